The summed E-state index contributed by atoms with van der Waals surface area (Å²) in [7, 11) is 1.52. The van der Waals surface area contributed by atoms with Crippen LogP contribution in [0.1, 0.15) is 114 Å². The zero-order chi connectivity index (χ0) is 43.6. The Morgan fingerprint density at radius 1 is 0.684 bits per heavy atom. The van der Waals surface area contributed by atoms with E-state index < -0.39 is 64.2 Å². The Morgan fingerprint density at radius 2 is 1.12 bits per heavy atom. The largest absolute Gasteiger partial charge is 0.458 e. The number of amides is 3. The number of hydrogen-bond acceptors (Lipinski definition) is 8. The van der Waals surface area contributed by atoms with Gasteiger partial charge in [0.15, 0.2) is 5.78 Å². The van der Waals surface area contributed by atoms with Gasteiger partial charge in [0.05, 0.1) is 5.54 Å². The van der Waals surface area contributed by atoms with Crippen LogP contribution in [0, 0.1) is 11.3 Å². The van der Waals surface area contributed by atoms with Crippen molar-refractivity contribution in [2.24, 2.45) is 11.3 Å². The van der Waals surface area contributed by atoms with E-state index in [1.54, 1.807) is 41.5 Å². The summed E-state index contributed by atoms with van der Waals surface area (Å²) in [6.07, 6.45) is 2.26. The van der Waals surface area contributed by atoms with Gasteiger partial charge in [-0.05, 0) is 92.2 Å². The monoisotopic (exact) mass is 791 g/mol. The predicted molar refractivity (Wildman–Crippen MR) is 226 cm³/mol. The van der Waals surface area contributed by atoms with Crippen LogP contribution in [0.3, 0.4) is 0 Å². The molecule has 0 saturated carbocycles. The quantitative estimate of drug-likeness (QED) is 0.0933. The molecule has 11 nitrogen and oxygen atoms in total. The van der Waals surface area contributed by atoms with Crippen molar-refractivity contribution in [2.75, 3.05) is 7.05 Å². The minimum atomic E-state index is -1.19. The van der Waals surface area contributed by atoms with Gasteiger partial charge in [-0.1, -0.05) is 94.4 Å². The van der Waals surface area contributed by atoms with Crippen LogP contribution in [-0.2, 0) is 41.5 Å². The molecule has 2 aromatic rings. The molecular weight excluding hydrogens is 721 g/mol. The van der Waals surface area contributed by atoms with Crippen LogP contribution >= 0.6 is 0 Å². The summed E-state index contributed by atoms with van der Waals surface area (Å²) in [4.78, 5) is 70.1. The highest BCUT2D eigenvalue weighted by molar-refractivity contribution is 5.96. The topological polar surface area (TPSA) is 143 Å². The van der Waals surface area contributed by atoms with E-state index in [2.05, 4.69) is 22.5 Å². The maximum Gasteiger partial charge on any atom is 0.329 e. The van der Waals surface area contributed by atoms with Crippen molar-refractivity contribution in [3.8, 4) is 0 Å². The minimum Gasteiger partial charge on any atom is -0.458 e. The number of nitrogens with zero attached hydrogens (tertiary/aromatic N) is 1. The van der Waals surface area contributed by atoms with Crippen molar-refractivity contribution >= 4 is 29.7 Å². The number of rotatable bonds is 20. The first-order chi connectivity index (χ1) is 26.1. The summed E-state index contributed by atoms with van der Waals surface area (Å²) in [5.74, 6) is -1.83. The average molecular weight is 791 g/mol. The predicted octanol–water partition coefficient (Wildman–Crippen LogP) is 7.36. The molecule has 57 heavy (non-hydrogen) atoms. The summed E-state index contributed by atoms with van der Waals surface area (Å²) in [5.41, 5.74) is -2.67. The number of hydrogen-bond donors (Lipinski definition) is 3. The molecular formula is C46H70N4O7. The van der Waals surface area contributed by atoms with Crippen LogP contribution in [0.4, 0.5) is 4.79 Å². The van der Waals surface area contributed by atoms with Crippen molar-refractivity contribution < 1.29 is 33.4 Å². The fourth-order valence-electron chi connectivity index (χ4n) is 6.77. The van der Waals surface area contributed by atoms with Gasteiger partial charge in [-0.3, -0.25) is 19.7 Å². The molecule has 2 aromatic carbocycles. The summed E-state index contributed by atoms with van der Waals surface area (Å²) < 4.78 is 12.2. The van der Waals surface area contributed by atoms with E-state index in [9.17, 15) is 24.0 Å². The van der Waals surface area contributed by atoms with E-state index in [-0.39, 0.29) is 36.5 Å². The zero-order valence-corrected chi connectivity index (χ0v) is 37.0. The standard InChI is InChI=1S/C46H70N4O7/c1-16-23-34(48-41(55)50(15)46(13,14)40(54)45(11,12)31(2)3)37(51)47-35(28-32-24-19-17-20-25-32)38(52)56-43(7,8)30-44(9,10)57-39(53)36(49-42(4,5)6)29-33-26-21-18-22-27-33/h16-22,24-27,31,34-36,49H,1,23,28-30H2,2-15H3,(H,47,51)(H,48,55). The van der Waals surface area contributed by atoms with Crippen molar-refractivity contribution in [3.05, 3.63) is 84.4 Å². The smallest absolute Gasteiger partial charge is 0.329 e. The molecule has 0 aromatic heterocycles. The van der Waals surface area contributed by atoms with Crippen molar-refractivity contribution in [1.29, 1.82) is 0 Å². The van der Waals surface area contributed by atoms with Crippen molar-refractivity contribution in [1.82, 2.24) is 20.9 Å². The van der Waals surface area contributed by atoms with Gasteiger partial charge in [0.1, 0.15) is 29.3 Å². The molecule has 11 heteroatoms. The Kier molecular flexibility index (Phi) is 16.9. The molecule has 0 aliphatic heterocycles. The summed E-state index contributed by atoms with van der Waals surface area (Å²) in [6, 6.07) is 15.4. The highest BCUT2D eigenvalue weighted by Gasteiger charge is 2.45. The van der Waals surface area contributed by atoms with Crippen molar-refractivity contribution in [3.63, 3.8) is 0 Å². The lowest BCUT2D eigenvalue weighted by Crippen LogP contribution is -2.61. The molecule has 0 heterocycles. The Labute approximate surface area is 342 Å². The number of likely N-dealkylation sites (N-methyl/N-ethyl adjacent to an activating group) is 1. The third kappa shape index (κ3) is 15.1. The van der Waals surface area contributed by atoms with Gasteiger partial charge >= 0.3 is 18.0 Å². The van der Waals surface area contributed by atoms with Crippen LogP contribution in [0.15, 0.2) is 73.3 Å². The summed E-state index contributed by atoms with van der Waals surface area (Å²) in [5, 5.41) is 8.95. The number of carbonyl (C=O) groups excluding carboxylic acids is 5. The second-order valence-corrected chi connectivity index (χ2v) is 18.8. The first-order valence-electron chi connectivity index (χ1n) is 19.9. The summed E-state index contributed by atoms with van der Waals surface area (Å²) >= 11 is 0. The number of esters is 2. The molecule has 0 fully saturated rings. The van der Waals surface area contributed by atoms with Gasteiger partial charge < -0.3 is 25.0 Å². The number of nitrogens with one attached hydrogen (secondary N) is 3. The molecule has 316 valence electrons. The van der Waals surface area contributed by atoms with E-state index in [1.165, 1.54) is 18.0 Å². The maximum atomic E-state index is 14.0. The Balaban J connectivity index is 2.28. The molecule has 0 saturated heterocycles. The number of carbonyl (C=O) groups is 5. The average Bonchev–Trinajstić information content (AvgIpc) is 3.09. The van der Waals surface area contributed by atoms with Gasteiger partial charge in [0.25, 0.3) is 0 Å². The van der Waals surface area contributed by atoms with Crippen LogP contribution in [0.25, 0.3) is 0 Å². The lowest BCUT2D eigenvalue weighted by molar-refractivity contribution is -0.173. The molecule has 3 unspecified atom stereocenters. The zero-order valence-electron chi connectivity index (χ0n) is 37.0. The molecule has 3 atom stereocenters. The van der Waals surface area contributed by atoms with Gasteiger partial charge in [0, 0.05) is 30.8 Å². The van der Waals surface area contributed by atoms with Crippen LogP contribution in [0.5, 0.6) is 0 Å². The van der Waals surface area contributed by atoms with Gasteiger partial charge in [-0.2, -0.15) is 0 Å². The van der Waals surface area contributed by atoms with Crippen LogP contribution in [0.2, 0.25) is 0 Å². The second-order valence-electron chi connectivity index (χ2n) is 18.8. The van der Waals surface area contributed by atoms with E-state index in [0.29, 0.717) is 6.42 Å². The lowest BCUT2D eigenvalue weighted by Gasteiger charge is -2.41. The van der Waals surface area contributed by atoms with E-state index in [0.717, 1.165) is 11.1 Å². The number of Topliss-reactive ketones (excluding diaryl/α,β-unsaturated/α-hetero) is 1. The maximum absolute atomic E-state index is 14.0. The third-order valence-corrected chi connectivity index (χ3v) is 10.4. The number of ketones is 1. The molecule has 0 spiro atoms. The Hall–Kier alpha value is -4.51. The molecule has 3 amide bonds. The van der Waals surface area contributed by atoms with E-state index in [4.69, 9.17) is 9.47 Å². The van der Waals surface area contributed by atoms with E-state index in [1.807, 2.05) is 109 Å². The highest BCUT2D eigenvalue weighted by Crippen LogP contribution is 2.34. The van der Waals surface area contributed by atoms with E-state index >= 15 is 0 Å². The lowest BCUT2D eigenvalue weighted by atomic mass is 9.71. The van der Waals surface area contributed by atoms with Gasteiger partial charge in [0.2, 0.25) is 5.91 Å². The molecule has 0 aliphatic rings. The summed E-state index contributed by atoms with van der Waals surface area (Å²) in [6.45, 7) is 27.7. The fourth-order valence-corrected chi connectivity index (χ4v) is 6.77. The normalized spacial score (nSPS) is 14.2. The molecule has 0 radical (unpaired) electrons. The highest BCUT2D eigenvalue weighted by atomic mass is 16.6. The minimum absolute atomic E-state index is 0.0282. The Bertz CT molecular complexity index is 1680. The molecule has 3 N–H and O–H groups in total. The first-order valence-corrected chi connectivity index (χ1v) is 19.9. The number of ether oxygens (including phenoxy) is 2. The molecule has 0 bridgehead atoms. The Morgan fingerprint density at radius 3 is 1.54 bits per heavy atom. The second kappa shape index (κ2) is 19.8. The molecule has 2 rings (SSSR count). The first kappa shape index (κ1) is 48.6. The fraction of sp³-hybridized carbons (Fsp3) is 0.587. The van der Waals surface area contributed by atoms with Gasteiger partial charge in [-0.15, -0.1) is 6.58 Å². The van der Waals surface area contributed by atoms with Crippen LogP contribution < -0.4 is 16.0 Å². The number of benzene rings is 2. The molecule has 0 aliphatic carbocycles. The number of urea groups is 1. The van der Waals surface area contributed by atoms with Gasteiger partial charge in [-0.25, -0.2) is 9.59 Å². The SMILES string of the molecule is C=CCC(NC(=O)N(C)C(C)(C)C(=O)C(C)(C)C(C)C)C(=O)NC(Cc1ccccc1)C(=O)OC(C)(C)CC(C)(C)OC(=O)C(Cc1ccccc1)NC(C)(C)C. The third-order valence-electron chi connectivity index (χ3n) is 10.4. The van der Waals surface area contributed by atoms with Crippen molar-refractivity contribution in [2.45, 2.75) is 156 Å². The van der Waals surface area contributed by atoms with Crippen LogP contribution in [-0.4, -0.2) is 82.0 Å².